The molecule has 1 aliphatic carbocycles. The predicted molar refractivity (Wildman–Crippen MR) is 82.0 cm³/mol. The lowest BCUT2D eigenvalue weighted by Gasteiger charge is -2.13. The van der Waals surface area contributed by atoms with Crippen LogP contribution in [0.2, 0.25) is 0 Å². The Morgan fingerprint density at radius 1 is 1.33 bits per heavy atom. The van der Waals surface area contributed by atoms with E-state index in [0.717, 1.165) is 35.9 Å². The molecule has 1 saturated carbocycles. The van der Waals surface area contributed by atoms with E-state index in [0.29, 0.717) is 11.7 Å². The lowest BCUT2D eigenvalue weighted by atomic mass is 10.2. The van der Waals surface area contributed by atoms with E-state index in [9.17, 15) is 0 Å². The predicted octanol–water partition coefficient (Wildman–Crippen LogP) is 1.34. The van der Waals surface area contributed by atoms with Gasteiger partial charge in [-0.1, -0.05) is 0 Å². The summed E-state index contributed by atoms with van der Waals surface area (Å²) in [6.07, 6.45) is 5.14. The van der Waals surface area contributed by atoms with Crippen molar-refractivity contribution in [1.82, 2.24) is 19.7 Å². The maximum Gasteiger partial charge on any atom is 0.148 e. The Balaban J connectivity index is 1.70. The highest BCUT2D eigenvalue weighted by Gasteiger charge is 2.28. The summed E-state index contributed by atoms with van der Waals surface area (Å²) in [5, 5.41) is 7.74. The molecule has 7 heteroatoms. The van der Waals surface area contributed by atoms with Crippen LogP contribution in [0.3, 0.4) is 0 Å². The fraction of sp³-hybridized carbons (Fsp3) is 0.500. The summed E-state index contributed by atoms with van der Waals surface area (Å²) in [5.41, 5.74) is 4.68. The number of nitrogen functional groups attached to an aromatic ring is 1. The minimum absolute atomic E-state index is 0.494. The molecular formula is C14H21N7. The van der Waals surface area contributed by atoms with E-state index >= 15 is 0 Å². The molecule has 7 nitrogen and oxygen atoms in total. The molecule has 1 aliphatic rings. The minimum Gasteiger partial charge on any atom is -0.369 e. The first-order chi connectivity index (χ1) is 10.2. The van der Waals surface area contributed by atoms with Gasteiger partial charge >= 0.3 is 0 Å². The average Bonchev–Trinajstić information content (AvgIpc) is 3.24. The zero-order valence-electron chi connectivity index (χ0n) is 12.4. The summed E-state index contributed by atoms with van der Waals surface area (Å²) in [7, 11) is 1.92. The molecule has 2 heterocycles. The maximum atomic E-state index is 5.55. The number of nitrogens with two attached hydrogens (primary N) is 1. The molecule has 0 atom stereocenters. The molecule has 0 bridgehead atoms. The van der Waals surface area contributed by atoms with Crippen molar-refractivity contribution in [3.05, 3.63) is 29.3 Å². The van der Waals surface area contributed by atoms with Crippen LogP contribution in [0.25, 0.3) is 0 Å². The summed E-state index contributed by atoms with van der Waals surface area (Å²) in [6, 6.07) is 2.02. The molecule has 112 valence electrons. The molecule has 3 rings (SSSR count). The van der Waals surface area contributed by atoms with Crippen LogP contribution in [0, 0.1) is 6.92 Å². The van der Waals surface area contributed by atoms with E-state index in [4.69, 9.17) is 5.84 Å². The number of nitrogens with one attached hydrogen (secondary N) is 2. The van der Waals surface area contributed by atoms with Crippen molar-refractivity contribution < 1.29 is 0 Å². The molecule has 0 saturated heterocycles. The van der Waals surface area contributed by atoms with Crippen LogP contribution < -0.4 is 16.6 Å². The van der Waals surface area contributed by atoms with Crippen molar-refractivity contribution in [1.29, 1.82) is 0 Å². The summed E-state index contributed by atoms with van der Waals surface area (Å²) in [5.74, 6) is 8.49. The highest BCUT2D eigenvalue weighted by molar-refractivity contribution is 5.57. The summed E-state index contributed by atoms with van der Waals surface area (Å²) in [6.45, 7) is 2.75. The second kappa shape index (κ2) is 5.69. The van der Waals surface area contributed by atoms with Gasteiger partial charge in [-0.25, -0.2) is 15.8 Å². The van der Waals surface area contributed by atoms with E-state index in [2.05, 4.69) is 25.8 Å². The van der Waals surface area contributed by atoms with Gasteiger partial charge in [-0.2, -0.15) is 5.10 Å². The quantitative estimate of drug-likeness (QED) is 0.548. The Morgan fingerprint density at radius 2 is 2.10 bits per heavy atom. The molecule has 0 aliphatic heterocycles. The normalized spacial score (nSPS) is 14.2. The first-order valence-corrected chi connectivity index (χ1v) is 7.25. The molecule has 2 aromatic rings. The van der Waals surface area contributed by atoms with E-state index in [-0.39, 0.29) is 0 Å². The first kappa shape index (κ1) is 13.8. The summed E-state index contributed by atoms with van der Waals surface area (Å²) < 4.78 is 1.81. The lowest BCUT2D eigenvalue weighted by molar-refractivity contribution is 0.741. The Bertz CT molecular complexity index is 630. The van der Waals surface area contributed by atoms with Gasteiger partial charge in [0.2, 0.25) is 0 Å². The fourth-order valence-corrected chi connectivity index (χ4v) is 2.28. The third-order valence-electron chi connectivity index (χ3n) is 3.68. The molecular weight excluding hydrogens is 266 g/mol. The molecule has 2 aromatic heterocycles. The number of hydrogen-bond donors (Lipinski definition) is 3. The Hall–Kier alpha value is -2.15. The number of rotatable bonds is 6. The minimum atomic E-state index is 0.494. The Labute approximate surface area is 123 Å². The number of nitrogens with zero attached hydrogens (tertiary/aromatic N) is 4. The molecule has 0 amide bonds. The third kappa shape index (κ3) is 3.13. The van der Waals surface area contributed by atoms with Crippen molar-refractivity contribution in [2.45, 2.75) is 32.1 Å². The van der Waals surface area contributed by atoms with Gasteiger partial charge in [-0.15, -0.1) is 0 Å². The van der Waals surface area contributed by atoms with E-state index in [1.807, 2.05) is 30.9 Å². The SMILES string of the molecule is Cc1c(NN)nc(C2CC2)nc1NCCc1ccn(C)n1. The van der Waals surface area contributed by atoms with E-state index in [1.54, 1.807) is 0 Å². The molecule has 4 N–H and O–H groups in total. The smallest absolute Gasteiger partial charge is 0.148 e. The van der Waals surface area contributed by atoms with Gasteiger partial charge in [0.15, 0.2) is 0 Å². The first-order valence-electron chi connectivity index (χ1n) is 7.25. The number of hydrogen-bond acceptors (Lipinski definition) is 6. The van der Waals surface area contributed by atoms with Crippen molar-refractivity contribution >= 4 is 11.6 Å². The molecule has 0 spiro atoms. The van der Waals surface area contributed by atoms with Gasteiger partial charge in [0.25, 0.3) is 0 Å². The van der Waals surface area contributed by atoms with Gasteiger partial charge in [-0.05, 0) is 25.8 Å². The Kier molecular flexibility index (Phi) is 3.74. The van der Waals surface area contributed by atoms with Crippen LogP contribution in [-0.4, -0.2) is 26.3 Å². The zero-order chi connectivity index (χ0) is 14.8. The summed E-state index contributed by atoms with van der Waals surface area (Å²) in [4.78, 5) is 9.12. The molecule has 1 fully saturated rings. The maximum absolute atomic E-state index is 5.55. The van der Waals surface area contributed by atoms with Crippen LogP contribution >= 0.6 is 0 Å². The fourth-order valence-electron chi connectivity index (χ4n) is 2.28. The van der Waals surface area contributed by atoms with E-state index < -0.39 is 0 Å². The van der Waals surface area contributed by atoms with Crippen LogP contribution in [0.1, 0.15) is 35.8 Å². The number of aromatic nitrogens is 4. The van der Waals surface area contributed by atoms with Crippen molar-refractivity contribution in [2.75, 3.05) is 17.3 Å². The third-order valence-corrected chi connectivity index (χ3v) is 3.68. The Morgan fingerprint density at radius 3 is 2.71 bits per heavy atom. The topological polar surface area (TPSA) is 93.7 Å². The van der Waals surface area contributed by atoms with Gasteiger partial charge in [-0.3, -0.25) is 4.68 Å². The van der Waals surface area contributed by atoms with Gasteiger partial charge in [0.1, 0.15) is 17.5 Å². The summed E-state index contributed by atoms with van der Waals surface area (Å²) >= 11 is 0. The molecule has 0 radical (unpaired) electrons. The number of aryl methyl sites for hydroxylation is 1. The highest BCUT2D eigenvalue weighted by Crippen LogP contribution is 2.39. The van der Waals surface area contributed by atoms with Crippen LogP contribution in [0.4, 0.5) is 11.6 Å². The number of hydrazine groups is 1. The number of anilines is 2. The largest absolute Gasteiger partial charge is 0.369 e. The second-order valence-corrected chi connectivity index (χ2v) is 5.48. The van der Waals surface area contributed by atoms with Crippen molar-refractivity contribution in [3.63, 3.8) is 0 Å². The molecule has 0 aromatic carbocycles. The van der Waals surface area contributed by atoms with Gasteiger partial charge in [0.05, 0.1) is 5.69 Å². The average molecular weight is 287 g/mol. The zero-order valence-corrected chi connectivity index (χ0v) is 12.4. The van der Waals surface area contributed by atoms with E-state index in [1.165, 1.54) is 12.8 Å². The van der Waals surface area contributed by atoms with Crippen LogP contribution in [0.15, 0.2) is 12.3 Å². The standard InChI is InChI=1S/C14H21N7/c1-9-12(16-7-5-11-6-8-21(2)20-11)17-14(10-3-4-10)18-13(9)19-15/h6,8,10H,3-5,7,15H2,1-2H3,(H2,16,17,18,19). The van der Waals surface area contributed by atoms with Crippen molar-refractivity contribution in [3.8, 4) is 0 Å². The highest BCUT2D eigenvalue weighted by atomic mass is 15.3. The van der Waals surface area contributed by atoms with Gasteiger partial charge < -0.3 is 10.7 Å². The second-order valence-electron chi connectivity index (χ2n) is 5.48. The van der Waals surface area contributed by atoms with Crippen LogP contribution in [0.5, 0.6) is 0 Å². The monoisotopic (exact) mass is 287 g/mol. The van der Waals surface area contributed by atoms with Crippen LogP contribution in [-0.2, 0) is 13.5 Å². The van der Waals surface area contributed by atoms with Gasteiger partial charge in [0, 0.05) is 37.7 Å². The molecule has 21 heavy (non-hydrogen) atoms. The molecule has 0 unspecified atom stereocenters. The van der Waals surface area contributed by atoms with Crippen molar-refractivity contribution in [2.24, 2.45) is 12.9 Å². The lowest BCUT2D eigenvalue weighted by Crippen LogP contribution is -2.16.